The van der Waals surface area contributed by atoms with Crippen LogP contribution < -0.4 is 0 Å². The van der Waals surface area contributed by atoms with Crippen molar-refractivity contribution in [3.63, 3.8) is 0 Å². The monoisotopic (exact) mass is 250 g/mol. The van der Waals surface area contributed by atoms with Crippen LogP contribution in [0.15, 0.2) is 36.4 Å². The highest BCUT2D eigenvalue weighted by Gasteiger charge is 2.17. The van der Waals surface area contributed by atoms with E-state index < -0.39 is 11.9 Å². The van der Waals surface area contributed by atoms with Crippen LogP contribution in [0.5, 0.6) is 0 Å². The van der Waals surface area contributed by atoms with Crippen molar-refractivity contribution < 1.29 is 14.7 Å². The molecule has 0 amide bonds. The third-order valence-electron chi connectivity index (χ3n) is 2.30. The summed E-state index contributed by atoms with van der Waals surface area (Å²) in [5, 5.41) is 8.25. The molecule has 0 saturated heterocycles. The average molecular weight is 250 g/mol. The fraction of sp³-hybridized carbons (Fsp3) is 0.231. The summed E-state index contributed by atoms with van der Waals surface area (Å²) in [5.41, 5.74) is 1.02. The Kier molecular flexibility index (Phi) is 5.49. The molecule has 0 aromatic heterocycles. The molecule has 0 aliphatic heterocycles. The van der Waals surface area contributed by atoms with Gasteiger partial charge in [0.25, 0.3) is 0 Å². The van der Waals surface area contributed by atoms with Crippen molar-refractivity contribution in [2.45, 2.75) is 12.8 Å². The van der Waals surface area contributed by atoms with Crippen molar-refractivity contribution in [3.05, 3.63) is 42.0 Å². The zero-order chi connectivity index (χ0) is 12.7. The molecule has 0 fully saturated rings. The number of aliphatic carboxylic acids is 1. The highest BCUT2D eigenvalue weighted by molar-refractivity contribution is 7.96. The van der Waals surface area contributed by atoms with Crippen molar-refractivity contribution in [2.24, 2.45) is 5.92 Å². The number of carbonyl (C=O) groups is 2. The lowest BCUT2D eigenvalue weighted by atomic mass is 10.0. The Bertz CT molecular complexity index is 412. The Balaban J connectivity index is 2.55. The van der Waals surface area contributed by atoms with Gasteiger partial charge in [0.2, 0.25) is 0 Å². The van der Waals surface area contributed by atoms with Crippen LogP contribution in [0.4, 0.5) is 0 Å². The molecule has 0 aliphatic rings. The van der Waals surface area contributed by atoms with Gasteiger partial charge in [0, 0.05) is 5.92 Å². The van der Waals surface area contributed by atoms with Gasteiger partial charge in [-0.15, -0.1) is 12.6 Å². The molecule has 3 nitrogen and oxygen atoms in total. The van der Waals surface area contributed by atoms with E-state index in [1.807, 2.05) is 36.4 Å². The van der Waals surface area contributed by atoms with Gasteiger partial charge in [-0.25, -0.2) is 0 Å². The van der Waals surface area contributed by atoms with Gasteiger partial charge in [0.1, 0.15) is 0 Å². The SMILES string of the molecule is O=C(O)CC(CC=Cc1ccccc1)C(=O)S. The first-order valence-corrected chi connectivity index (χ1v) is 5.70. The third-order valence-corrected chi connectivity index (χ3v) is 2.67. The number of carboxylic acids is 1. The molecule has 0 aliphatic carbocycles. The quantitative estimate of drug-likeness (QED) is 0.763. The summed E-state index contributed by atoms with van der Waals surface area (Å²) in [6.07, 6.45) is 3.88. The van der Waals surface area contributed by atoms with Crippen LogP contribution >= 0.6 is 12.6 Å². The summed E-state index contributed by atoms with van der Waals surface area (Å²) < 4.78 is 0. The summed E-state index contributed by atoms with van der Waals surface area (Å²) >= 11 is 3.69. The van der Waals surface area contributed by atoms with Gasteiger partial charge in [-0.2, -0.15) is 0 Å². The van der Waals surface area contributed by atoms with Gasteiger partial charge < -0.3 is 5.11 Å². The van der Waals surface area contributed by atoms with E-state index in [9.17, 15) is 9.59 Å². The van der Waals surface area contributed by atoms with E-state index in [2.05, 4.69) is 12.6 Å². The largest absolute Gasteiger partial charge is 0.481 e. The van der Waals surface area contributed by atoms with Gasteiger partial charge >= 0.3 is 5.97 Å². The van der Waals surface area contributed by atoms with Crippen LogP contribution in [0.3, 0.4) is 0 Å². The molecule has 4 heteroatoms. The molecule has 1 unspecified atom stereocenters. The number of benzene rings is 1. The maximum Gasteiger partial charge on any atom is 0.304 e. The van der Waals surface area contributed by atoms with Gasteiger partial charge in [0.15, 0.2) is 5.12 Å². The molecule has 1 atom stereocenters. The number of hydrogen-bond donors (Lipinski definition) is 2. The molecule has 0 radical (unpaired) electrons. The van der Waals surface area contributed by atoms with Gasteiger partial charge in [0.05, 0.1) is 6.42 Å². The van der Waals surface area contributed by atoms with Crippen LogP contribution in [0, 0.1) is 5.92 Å². The van der Waals surface area contributed by atoms with Crippen LogP contribution in [-0.2, 0) is 9.59 Å². The van der Waals surface area contributed by atoms with E-state index >= 15 is 0 Å². The average Bonchev–Trinajstić information content (AvgIpc) is 2.28. The summed E-state index contributed by atoms with van der Waals surface area (Å²) in [6.45, 7) is 0. The fourth-order valence-corrected chi connectivity index (χ4v) is 1.61. The van der Waals surface area contributed by atoms with Crippen molar-refractivity contribution in [1.29, 1.82) is 0 Å². The highest BCUT2D eigenvalue weighted by atomic mass is 32.1. The fourth-order valence-electron chi connectivity index (χ4n) is 1.41. The zero-order valence-corrected chi connectivity index (χ0v) is 10.1. The second kappa shape index (κ2) is 6.91. The Morgan fingerprint density at radius 3 is 2.47 bits per heavy atom. The Hall–Kier alpha value is -1.55. The molecule has 0 heterocycles. The molecule has 90 valence electrons. The number of thiol groups is 1. The number of rotatable bonds is 6. The molecular formula is C13H14O3S. The minimum absolute atomic E-state index is 0.179. The first kappa shape index (κ1) is 13.5. The first-order valence-electron chi connectivity index (χ1n) is 5.26. The van der Waals surface area contributed by atoms with Crippen LogP contribution in [0.2, 0.25) is 0 Å². The highest BCUT2D eigenvalue weighted by Crippen LogP contribution is 2.14. The van der Waals surface area contributed by atoms with Crippen molar-refractivity contribution in [1.82, 2.24) is 0 Å². The number of hydrogen-bond acceptors (Lipinski definition) is 2. The molecule has 1 N–H and O–H groups in total. The summed E-state index contributed by atoms with van der Waals surface area (Å²) in [6, 6.07) is 9.62. The van der Waals surface area contributed by atoms with E-state index in [0.29, 0.717) is 6.42 Å². The molecule has 0 bridgehead atoms. The van der Waals surface area contributed by atoms with Crippen molar-refractivity contribution in [2.75, 3.05) is 0 Å². The van der Waals surface area contributed by atoms with Gasteiger partial charge in [-0.05, 0) is 12.0 Å². The number of carbonyl (C=O) groups excluding carboxylic acids is 1. The lowest BCUT2D eigenvalue weighted by Gasteiger charge is -2.06. The molecule has 0 spiro atoms. The zero-order valence-electron chi connectivity index (χ0n) is 9.24. The van der Waals surface area contributed by atoms with E-state index in [4.69, 9.17) is 5.11 Å². The van der Waals surface area contributed by atoms with Crippen LogP contribution in [-0.4, -0.2) is 16.2 Å². The first-order chi connectivity index (χ1) is 8.09. The summed E-state index contributed by atoms with van der Waals surface area (Å²) in [4.78, 5) is 21.6. The van der Waals surface area contributed by atoms with Crippen LogP contribution in [0.1, 0.15) is 18.4 Å². The van der Waals surface area contributed by atoms with Crippen molar-refractivity contribution >= 4 is 29.8 Å². The van der Waals surface area contributed by atoms with E-state index in [1.54, 1.807) is 6.08 Å². The smallest absolute Gasteiger partial charge is 0.304 e. The second-order valence-electron chi connectivity index (χ2n) is 3.68. The molecule has 1 rings (SSSR count). The third kappa shape index (κ3) is 5.36. The number of carboxylic acid groups (broad SMARTS) is 1. The maximum absolute atomic E-state index is 11.1. The Morgan fingerprint density at radius 1 is 1.29 bits per heavy atom. The summed E-state index contributed by atoms with van der Waals surface area (Å²) in [5.74, 6) is -1.54. The molecular weight excluding hydrogens is 236 g/mol. The van der Waals surface area contributed by atoms with Crippen molar-refractivity contribution in [3.8, 4) is 0 Å². The molecule has 17 heavy (non-hydrogen) atoms. The minimum Gasteiger partial charge on any atom is -0.481 e. The number of allylic oxidation sites excluding steroid dienone is 1. The standard InChI is InChI=1S/C13H14O3S/c14-12(15)9-11(13(16)17)8-4-7-10-5-2-1-3-6-10/h1-7,11H,8-9H2,(H,14,15)(H,16,17). The predicted molar refractivity (Wildman–Crippen MR) is 69.8 cm³/mol. The van der Waals surface area contributed by atoms with Gasteiger partial charge in [-0.1, -0.05) is 42.5 Å². The van der Waals surface area contributed by atoms with Gasteiger partial charge in [-0.3, -0.25) is 9.59 Å². The normalized spacial score (nSPS) is 12.5. The van der Waals surface area contributed by atoms with E-state index in [0.717, 1.165) is 5.56 Å². The molecule has 0 saturated carbocycles. The van der Waals surface area contributed by atoms with E-state index in [1.165, 1.54) is 0 Å². The topological polar surface area (TPSA) is 54.4 Å². The van der Waals surface area contributed by atoms with Crippen LogP contribution in [0.25, 0.3) is 6.08 Å². The summed E-state index contributed by atoms with van der Waals surface area (Å²) in [7, 11) is 0. The minimum atomic E-state index is -0.981. The molecule has 1 aromatic rings. The Morgan fingerprint density at radius 2 is 1.94 bits per heavy atom. The Labute approximate surface area is 106 Å². The predicted octanol–water partition coefficient (Wildman–Crippen LogP) is 2.64. The maximum atomic E-state index is 11.1. The second-order valence-corrected chi connectivity index (χ2v) is 4.12. The lowest BCUT2D eigenvalue weighted by molar-refractivity contribution is -0.139. The lowest BCUT2D eigenvalue weighted by Crippen LogP contribution is -2.13. The van der Waals surface area contributed by atoms with E-state index in [-0.39, 0.29) is 11.5 Å². The molecule has 1 aromatic carbocycles.